The lowest BCUT2D eigenvalue weighted by Gasteiger charge is -2.17. The number of amides is 1. The normalized spacial score (nSPS) is 15.1. The largest absolute Gasteiger partial charge is 0.481 e. The number of nitrogens with zero attached hydrogens (tertiary/aromatic N) is 1. The molecule has 0 bridgehead atoms. The van der Waals surface area contributed by atoms with Gasteiger partial charge in [0.25, 0.3) is 5.91 Å². The van der Waals surface area contributed by atoms with E-state index in [9.17, 15) is 14.0 Å². The first-order chi connectivity index (χ1) is 11.5. The molecule has 1 saturated carbocycles. The lowest BCUT2D eigenvalue weighted by molar-refractivity contribution is -0.137. The summed E-state index contributed by atoms with van der Waals surface area (Å²) in [6.07, 6.45) is 1.80. The third kappa shape index (κ3) is 3.64. The molecule has 1 fully saturated rings. The van der Waals surface area contributed by atoms with Gasteiger partial charge >= 0.3 is 5.97 Å². The van der Waals surface area contributed by atoms with Crippen LogP contribution >= 0.6 is 15.9 Å². The number of carbonyl (C=O) groups is 2. The second kappa shape index (κ2) is 6.72. The summed E-state index contributed by atoms with van der Waals surface area (Å²) in [5.41, 5.74) is 1.59. The number of nitrogens with one attached hydrogen (secondary N) is 2. The molecule has 2 aromatic rings. The van der Waals surface area contributed by atoms with Crippen LogP contribution in [-0.2, 0) is 4.79 Å². The molecule has 0 aliphatic heterocycles. The summed E-state index contributed by atoms with van der Waals surface area (Å²) >= 11 is 3.38. The Morgan fingerprint density at radius 2 is 2.04 bits per heavy atom. The molecule has 1 aromatic heterocycles. The highest BCUT2D eigenvalue weighted by atomic mass is 79.9. The second-order valence-electron chi connectivity index (χ2n) is 5.75. The summed E-state index contributed by atoms with van der Waals surface area (Å²) in [6, 6.07) is 4.60. The van der Waals surface area contributed by atoms with Gasteiger partial charge in [0.2, 0.25) is 0 Å². The summed E-state index contributed by atoms with van der Waals surface area (Å²) in [5.74, 6) is -1.59. The van der Waals surface area contributed by atoms with Crippen molar-refractivity contribution in [2.75, 3.05) is 0 Å². The van der Waals surface area contributed by atoms with Crippen LogP contribution in [0.15, 0.2) is 28.7 Å². The quantitative estimate of drug-likeness (QED) is 0.699. The maximum atomic E-state index is 13.1. The summed E-state index contributed by atoms with van der Waals surface area (Å²) in [5, 5.41) is 18.6. The van der Waals surface area contributed by atoms with Crippen molar-refractivity contribution in [1.82, 2.24) is 15.5 Å². The molecule has 1 amide bonds. The van der Waals surface area contributed by atoms with Crippen molar-refractivity contribution in [3.8, 4) is 0 Å². The molecule has 6 nitrogen and oxygen atoms in total. The van der Waals surface area contributed by atoms with Gasteiger partial charge in [0.1, 0.15) is 5.82 Å². The van der Waals surface area contributed by atoms with E-state index >= 15 is 0 Å². The van der Waals surface area contributed by atoms with Gasteiger partial charge in [0.15, 0.2) is 5.69 Å². The van der Waals surface area contributed by atoms with Gasteiger partial charge < -0.3 is 10.4 Å². The van der Waals surface area contributed by atoms with E-state index in [1.54, 1.807) is 0 Å². The monoisotopic (exact) mass is 395 g/mol. The van der Waals surface area contributed by atoms with E-state index in [4.69, 9.17) is 5.11 Å². The van der Waals surface area contributed by atoms with Crippen LogP contribution in [0.5, 0.6) is 0 Å². The fourth-order valence-electron chi connectivity index (χ4n) is 2.48. The van der Waals surface area contributed by atoms with E-state index in [1.807, 2.05) is 0 Å². The molecule has 0 saturated heterocycles. The average molecular weight is 396 g/mol. The number of aliphatic carboxylic acids is 1. The molecule has 1 aliphatic rings. The number of hydrogen-bond acceptors (Lipinski definition) is 3. The minimum atomic E-state index is -1.07. The lowest BCUT2D eigenvalue weighted by Crippen LogP contribution is -2.30. The molecule has 0 radical (unpaired) electrons. The standard InChI is InChI=1S/C16H15BrFN3O3/c17-13-14(9-1-2-9)20-21-15(13)16(24)19-11(7-12(22)23)8-3-5-10(18)6-4-8/h3-6,9,11H,1-2,7H2,(H,19,24)(H,20,21)(H,22,23). The highest BCUT2D eigenvalue weighted by Gasteiger charge is 2.31. The van der Waals surface area contributed by atoms with Crippen molar-refractivity contribution >= 4 is 27.8 Å². The van der Waals surface area contributed by atoms with Gasteiger partial charge in [-0.3, -0.25) is 14.7 Å². The zero-order chi connectivity index (χ0) is 17.3. The number of benzene rings is 1. The molecule has 3 N–H and O–H groups in total. The molecule has 1 unspecified atom stereocenters. The zero-order valence-corrected chi connectivity index (χ0v) is 14.1. The predicted octanol–water partition coefficient (Wildman–Crippen LogP) is 3.13. The molecule has 1 heterocycles. The van der Waals surface area contributed by atoms with Crippen LogP contribution in [0, 0.1) is 5.82 Å². The van der Waals surface area contributed by atoms with Crippen LogP contribution < -0.4 is 5.32 Å². The minimum Gasteiger partial charge on any atom is -0.481 e. The Hall–Kier alpha value is -2.22. The van der Waals surface area contributed by atoms with E-state index < -0.39 is 23.7 Å². The number of aromatic amines is 1. The molecule has 8 heteroatoms. The fraction of sp³-hybridized carbons (Fsp3) is 0.312. The Balaban J connectivity index is 1.80. The Morgan fingerprint density at radius 3 is 2.62 bits per heavy atom. The SMILES string of the molecule is O=C(O)CC(NC(=O)c1n[nH]c(C2CC2)c1Br)c1ccc(F)cc1. The van der Waals surface area contributed by atoms with Crippen LogP contribution in [0.3, 0.4) is 0 Å². The lowest BCUT2D eigenvalue weighted by atomic mass is 10.0. The molecule has 126 valence electrons. The number of halogens is 2. The van der Waals surface area contributed by atoms with Gasteiger partial charge in [0.05, 0.1) is 22.6 Å². The smallest absolute Gasteiger partial charge is 0.305 e. The molecule has 1 aliphatic carbocycles. The summed E-state index contributed by atoms with van der Waals surface area (Å²) in [6.45, 7) is 0. The highest BCUT2D eigenvalue weighted by molar-refractivity contribution is 9.10. The minimum absolute atomic E-state index is 0.189. The topological polar surface area (TPSA) is 95.1 Å². The number of carboxylic acids is 1. The molecule has 1 atom stereocenters. The van der Waals surface area contributed by atoms with Crippen molar-refractivity contribution in [2.24, 2.45) is 0 Å². The molecular weight excluding hydrogens is 381 g/mol. The van der Waals surface area contributed by atoms with Gasteiger partial charge in [0, 0.05) is 5.92 Å². The summed E-state index contributed by atoms with van der Waals surface area (Å²) in [7, 11) is 0. The first kappa shape index (κ1) is 16.6. The third-order valence-electron chi connectivity index (χ3n) is 3.89. The van der Waals surface area contributed by atoms with Crippen molar-refractivity contribution in [3.05, 3.63) is 51.5 Å². The highest BCUT2D eigenvalue weighted by Crippen LogP contribution is 2.42. The number of rotatable bonds is 6. The van der Waals surface area contributed by atoms with Crippen LogP contribution in [0.1, 0.15) is 53.0 Å². The van der Waals surface area contributed by atoms with Gasteiger partial charge in [-0.15, -0.1) is 0 Å². The van der Waals surface area contributed by atoms with E-state index in [0.29, 0.717) is 16.0 Å². The molecule has 3 rings (SSSR count). The number of aromatic nitrogens is 2. The Labute approximate surface area is 145 Å². The molecular formula is C16H15BrFN3O3. The Bertz CT molecular complexity index is 771. The number of carbonyl (C=O) groups excluding carboxylic acids is 1. The van der Waals surface area contributed by atoms with E-state index in [0.717, 1.165) is 18.5 Å². The van der Waals surface area contributed by atoms with Crippen molar-refractivity contribution in [2.45, 2.75) is 31.2 Å². The Kier molecular flexibility index (Phi) is 4.66. The molecule has 24 heavy (non-hydrogen) atoms. The number of hydrogen-bond donors (Lipinski definition) is 3. The summed E-state index contributed by atoms with van der Waals surface area (Å²) < 4.78 is 13.7. The zero-order valence-electron chi connectivity index (χ0n) is 12.6. The molecule has 0 spiro atoms. The van der Waals surface area contributed by atoms with Gasteiger partial charge in [-0.1, -0.05) is 12.1 Å². The third-order valence-corrected chi connectivity index (χ3v) is 4.69. The number of carboxylic acid groups (broad SMARTS) is 1. The van der Waals surface area contributed by atoms with Crippen LogP contribution in [-0.4, -0.2) is 27.2 Å². The first-order valence-electron chi connectivity index (χ1n) is 7.47. The van der Waals surface area contributed by atoms with Gasteiger partial charge in [-0.05, 0) is 46.5 Å². The predicted molar refractivity (Wildman–Crippen MR) is 87.1 cm³/mol. The molecule has 1 aromatic carbocycles. The second-order valence-corrected chi connectivity index (χ2v) is 6.54. The van der Waals surface area contributed by atoms with E-state index in [1.165, 1.54) is 24.3 Å². The Morgan fingerprint density at radius 1 is 1.38 bits per heavy atom. The van der Waals surface area contributed by atoms with Crippen molar-refractivity contribution in [1.29, 1.82) is 0 Å². The van der Waals surface area contributed by atoms with Crippen molar-refractivity contribution < 1.29 is 19.1 Å². The van der Waals surface area contributed by atoms with Crippen LogP contribution in [0.2, 0.25) is 0 Å². The van der Waals surface area contributed by atoms with E-state index in [2.05, 4.69) is 31.4 Å². The van der Waals surface area contributed by atoms with E-state index in [-0.39, 0.29) is 12.1 Å². The van der Waals surface area contributed by atoms with Crippen LogP contribution in [0.25, 0.3) is 0 Å². The van der Waals surface area contributed by atoms with Gasteiger partial charge in [-0.2, -0.15) is 5.10 Å². The van der Waals surface area contributed by atoms with Crippen LogP contribution in [0.4, 0.5) is 4.39 Å². The number of H-pyrrole nitrogens is 1. The summed E-state index contributed by atoms with van der Waals surface area (Å²) in [4.78, 5) is 23.5. The average Bonchev–Trinajstić information content (AvgIpc) is 3.29. The van der Waals surface area contributed by atoms with Gasteiger partial charge in [-0.25, -0.2) is 4.39 Å². The van der Waals surface area contributed by atoms with Crippen molar-refractivity contribution in [3.63, 3.8) is 0 Å². The maximum Gasteiger partial charge on any atom is 0.305 e. The fourth-order valence-corrected chi connectivity index (χ4v) is 3.16. The first-order valence-corrected chi connectivity index (χ1v) is 8.27. The maximum absolute atomic E-state index is 13.1.